The molecular weight excluding hydrogens is 188 g/mol. The predicted octanol–water partition coefficient (Wildman–Crippen LogP) is -1.71. The maximum Gasteiger partial charge on any atom is 0.334 e. The number of nitrogens with one attached hydrogen (secondary N) is 1. The van der Waals surface area contributed by atoms with Crippen LogP contribution in [-0.4, -0.2) is 40.8 Å². The van der Waals surface area contributed by atoms with Crippen LogP contribution in [0.4, 0.5) is 0 Å². The number of nitrogens with two attached hydrogens (primary N) is 1. The summed E-state index contributed by atoms with van der Waals surface area (Å²) in [5, 5.41) is 20.2. The van der Waals surface area contributed by atoms with E-state index in [9.17, 15) is 9.59 Å². The van der Waals surface area contributed by atoms with Crippen molar-refractivity contribution >= 4 is 11.9 Å². The van der Waals surface area contributed by atoms with Crippen LogP contribution in [0.3, 0.4) is 0 Å². The van der Waals surface area contributed by atoms with Crippen LogP contribution in [0.5, 0.6) is 0 Å². The Balaban J connectivity index is 2.43. The van der Waals surface area contributed by atoms with E-state index in [1.807, 2.05) is 0 Å². The van der Waals surface area contributed by atoms with Gasteiger partial charge in [-0.1, -0.05) is 0 Å². The summed E-state index contributed by atoms with van der Waals surface area (Å²) >= 11 is 0. The molecule has 0 aromatic heterocycles. The van der Waals surface area contributed by atoms with Gasteiger partial charge in [0, 0.05) is 18.5 Å². The molecule has 0 radical (unpaired) electrons. The fraction of sp³-hybridized carbons (Fsp3) is 0.750. The Bertz CT molecular complexity index is 243. The smallest absolute Gasteiger partial charge is 0.334 e. The summed E-state index contributed by atoms with van der Waals surface area (Å²) in [4.78, 5) is 21.5. The number of hydrogen-bond donors (Lipinski definition) is 4. The van der Waals surface area contributed by atoms with Gasteiger partial charge < -0.3 is 21.3 Å². The van der Waals surface area contributed by atoms with Gasteiger partial charge in [0.15, 0.2) is 6.10 Å². The average Bonchev–Trinajstić information content (AvgIpc) is 2.50. The first-order valence-corrected chi connectivity index (χ1v) is 4.46. The molecule has 1 aliphatic heterocycles. The van der Waals surface area contributed by atoms with Crippen molar-refractivity contribution in [3.63, 3.8) is 0 Å². The van der Waals surface area contributed by atoms with E-state index in [0.717, 1.165) is 0 Å². The highest BCUT2D eigenvalue weighted by molar-refractivity contribution is 5.80. The van der Waals surface area contributed by atoms with Crippen LogP contribution in [0.15, 0.2) is 0 Å². The van der Waals surface area contributed by atoms with Gasteiger partial charge >= 0.3 is 5.97 Å². The van der Waals surface area contributed by atoms with Crippen LogP contribution in [0.2, 0.25) is 0 Å². The highest BCUT2D eigenvalue weighted by Gasteiger charge is 2.30. The monoisotopic (exact) mass is 202 g/mol. The molecule has 80 valence electrons. The van der Waals surface area contributed by atoms with E-state index in [2.05, 4.69) is 5.32 Å². The highest BCUT2D eigenvalue weighted by Crippen LogP contribution is 2.16. The first-order chi connectivity index (χ1) is 6.52. The second kappa shape index (κ2) is 4.39. The van der Waals surface area contributed by atoms with Gasteiger partial charge in [0.1, 0.15) is 0 Å². The number of rotatable bonds is 4. The lowest BCUT2D eigenvalue weighted by Crippen LogP contribution is -2.42. The van der Waals surface area contributed by atoms with Crippen molar-refractivity contribution in [2.24, 2.45) is 11.7 Å². The molecule has 1 heterocycles. The van der Waals surface area contributed by atoms with Crippen molar-refractivity contribution in [1.29, 1.82) is 0 Å². The fourth-order valence-electron chi connectivity index (χ4n) is 1.51. The van der Waals surface area contributed by atoms with Crippen LogP contribution in [0.25, 0.3) is 0 Å². The standard InChI is InChI=1S/C8H14N2O4/c9-5(6(11)8(13)14)3-4-1-2-10-7(4)12/h4-6,11H,1-3,9H2,(H,10,12)(H,13,14)/t4-,5?,6?/m0/s1. The maximum atomic E-state index is 11.1. The lowest BCUT2D eigenvalue weighted by molar-refractivity contribution is -0.148. The molecule has 0 spiro atoms. The van der Waals surface area contributed by atoms with Gasteiger partial charge in [0.25, 0.3) is 0 Å². The SMILES string of the molecule is NC(C[C@@H]1CCNC1=O)C(O)C(=O)O. The van der Waals surface area contributed by atoms with Gasteiger partial charge in [-0.15, -0.1) is 0 Å². The zero-order valence-electron chi connectivity index (χ0n) is 7.64. The molecule has 0 aromatic rings. The van der Waals surface area contributed by atoms with Gasteiger partial charge in [0.05, 0.1) is 0 Å². The second-order valence-electron chi connectivity index (χ2n) is 3.46. The minimum absolute atomic E-state index is 0.113. The highest BCUT2D eigenvalue weighted by atomic mass is 16.4. The minimum atomic E-state index is -1.59. The number of amides is 1. The summed E-state index contributed by atoms with van der Waals surface area (Å²) in [6.07, 6.45) is -0.735. The Morgan fingerprint density at radius 1 is 1.71 bits per heavy atom. The number of carbonyl (C=O) groups is 2. The third kappa shape index (κ3) is 2.43. The van der Waals surface area contributed by atoms with E-state index in [1.54, 1.807) is 0 Å². The number of aliphatic carboxylic acids is 1. The van der Waals surface area contributed by atoms with Crippen LogP contribution >= 0.6 is 0 Å². The van der Waals surface area contributed by atoms with Gasteiger partial charge in [-0.3, -0.25) is 4.79 Å². The summed E-state index contributed by atoms with van der Waals surface area (Å²) in [7, 11) is 0. The molecule has 6 nitrogen and oxygen atoms in total. The molecule has 14 heavy (non-hydrogen) atoms. The first kappa shape index (κ1) is 10.9. The van der Waals surface area contributed by atoms with Gasteiger partial charge in [-0.2, -0.15) is 0 Å². The normalized spacial score (nSPS) is 25.6. The zero-order valence-corrected chi connectivity index (χ0v) is 7.64. The Morgan fingerprint density at radius 2 is 2.36 bits per heavy atom. The molecular formula is C8H14N2O4. The second-order valence-corrected chi connectivity index (χ2v) is 3.46. The van der Waals surface area contributed by atoms with Crippen LogP contribution in [-0.2, 0) is 9.59 Å². The summed E-state index contributed by atoms with van der Waals surface area (Å²) in [5.74, 6) is -1.73. The van der Waals surface area contributed by atoms with E-state index in [4.69, 9.17) is 15.9 Å². The Morgan fingerprint density at radius 3 is 2.79 bits per heavy atom. The lowest BCUT2D eigenvalue weighted by atomic mass is 9.96. The molecule has 1 aliphatic rings. The molecule has 1 saturated heterocycles. The molecule has 0 aliphatic carbocycles. The molecule has 2 unspecified atom stereocenters. The number of aliphatic hydroxyl groups is 1. The molecule has 1 fully saturated rings. The van der Waals surface area contributed by atoms with Gasteiger partial charge in [0.2, 0.25) is 5.91 Å². The van der Waals surface area contributed by atoms with Crippen molar-refractivity contribution < 1.29 is 19.8 Å². The molecule has 0 aromatic carbocycles. The minimum Gasteiger partial charge on any atom is -0.479 e. The summed E-state index contributed by atoms with van der Waals surface area (Å²) in [6, 6.07) is -0.888. The third-order valence-electron chi connectivity index (χ3n) is 2.38. The Kier molecular flexibility index (Phi) is 3.43. The number of carboxylic acids is 1. The number of aliphatic hydroxyl groups excluding tert-OH is 1. The van der Waals surface area contributed by atoms with Crippen molar-refractivity contribution in [3.05, 3.63) is 0 Å². The van der Waals surface area contributed by atoms with Crippen molar-refractivity contribution in [2.45, 2.75) is 25.0 Å². The van der Waals surface area contributed by atoms with Crippen molar-refractivity contribution in [1.82, 2.24) is 5.32 Å². The Hall–Kier alpha value is -1.14. The largest absolute Gasteiger partial charge is 0.479 e. The molecule has 1 amide bonds. The molecule has 1 rings (SSSR count). The van der Waals surface area contributed by atoms with Crippen molar-refractivity contribution in [2.75, 3.05) is 6.54 Å². The zero-order chi connectivity index (χ0) is 10.7. The average molecular weight is 202 g/mol. The summed E-state index contributed by atoms with van der Waals surface area (Å²) in [5.41, 5.74) is 5.45. The van der Waals surface area contributed by atoms with Crippen LogP contribution in [0.1, 0.15) is 12.8 Å². The third-order valence-corrected chi connectivity index (χ3v) is 2.38. The Labute approximate surface area is 81.1 Å². The molecule has 0 saturated carbocycles. The quantitative estimate of drug-likeness (QED) is 0.433. The van der Waals surface area contributed by atoms with Gasteiger partial charge in [-0.05, 0) is 12.8 Å². The van der Waals surface area contributed by atoms with Gasteiger partial charge in [-0.25, -0.2) is 4.79 Å². The van der Waals surface area contributed by atoms with E-state index in [-0.39, 0.29) is 18.2 Å². The first-order valence-electron chi connectivity index (χ1n) is 4.46. The number of carboxylic acid groups (broad SMARTS) is 1. The predicted molar refractivity (Wildman–Crippen MR) is 47.4 cm³/mol. The van der Waals surface area contributed by atoms with E-state index >= 15 is 0 Å². The number of hydrogen-bond acceptors (Lipinski definition) is 4. The maximum absolute atomic E-state index is 11.1. The van der Waals surface area contributed by atoms with E-state index in [0.29, 0.717) is 13.0 Å². The fourth-order valence-corrected chi connectivity index (χ4v) is 1.51. The molecule has 5 N–H and O–H groups in total. The van der Waals surface area contributed by atoms with Crippen LogP contribution in [0, 0.1) is 5.92 Å². The molecule has 6 heteroatoms. The molecule has 0 bridgehead atoms. The molecule has 3 atom stereocenters. The van der Waals surface area contributed by atoms with Crippen molar-refractivity contribution in [3.8, 4) is 0 Å². The van der Waals surface area contributed by atoms with Crippen LogP contribution < -0.4 is 11.1 Å². The van der Waals surface area contributed by atoms with E-state index in [1.165, 1.54) is 0 Å². The topological polar surface area (TPSA) is 113 Å². The summed E-state index contributed by atoms with van der Waals surface area (Å²) < 4.78 is 0. The number of carbonyl (C=O) groups excluding carboxylic acids is 1. The summed E-state index contributed by atoms with van der Waals surface area (Å²) in [6.45, 7) is 0.597. The lowest BCUT2D eigenvalue weighted by Gasteiger charge is -2.17. The van der Waals surface area contributed by atoms with E-state index < -0.39 is 18.1 Å².